The van der Waals surface area contributed by atoms with Crippen LogP contribution < -0.4 is 0 Å². The monoisotopic (exact) mass is 365 g/mol. The minimum absolute atomic E-state index is 0.0799. The predicted molar refractivity (Wildman–Crippen MR) is 90.5 cm³/mol. The molecule has 0 rings (SSSR count). The van der Waals surface area contributed by atoms with Gasteiger partial charge >= 0.3 is 20.7 Å². The van der Waals surface area contributed by atoms with Crippen LogP contribution in [0.2, 0.25) is 5.54 Å². The fraction of sp³-hybridized carbons (Fsp3) is 0.867. The molecule has 0 saturated heterocycles. The van der Waals surface area contributed by atoms with Crippen molar-refractivity contribution in [2.24, 2.45) is 0 Å². The van der Waals surface area contributed by atoms with Gasteiger partial charge in [-0.2, -0.15) is 0 Å². The lowest BCUT2D eigenvalue weighted by molar-refractivity contribution is -0.141. The molecule has 0 aliphatic carbocycles. The van der Waals surface area contributed by atoms with Crippen molar-refractivity contribution in [2.45, 2.75) is 31.7 Å². The van der Waals surface area contributed by atoms with Crippen LogP contribution in [0.3, 0.4) is 0 Å². The van der Waals surface area contributed by atoms with Gasteiger partial charge in [-0.15, -0.1) is 0 Å². The molecular formula is C15H31NO7Si. The Hall–Kier alpha value is -1.00. The first kappa shape index (κ1) is 23.0. The summed E-state index contributed by atoms with van der Waals surface area (Å²) in [5.74, 6) is -0.555. The van der Waals surface area contributed by atoms with Crippen LogP contribution in [-0.4, -0.2) is 80.8 Å². The van der Waals surface area contributed by atoms with E-state index in [9.17, 15) is 9.59 Å². The summed E-state index contributed by atoms with van der Waals surface area (Å²) in [6.45, 7) is 3.72. The molecule has 1 unspecified atom stereocenters. The Morgan fingerprint density at radius 3 is 1.58 bits per heavy atom. The summed E-state index contributed by atoms with van der Waals surface area (Å²) in [4.78, 5) is 24.7. The van der Waals surface area contributed by atoms with E-state index >= 15 is 0 Å². The molecule has 0 aromatic carbocycles. The summed E-state index contributed by atoms with van der Waals surface area (Å²) < 4.78 is 25.8. The lowest BCUT2D eigenvalue weighted by Crippen LogP contribution is -2.47. The molecule has 1 atom stereocenters. The van der Waals surface area contributed by atoms with Gasteiger partial charge in [0.05, 0.1) is 27.1 Å². The minimum Gasteiger partial charge on any atom is -0.469 e. The number of methoxy groups -OCH3 is 2. The molecular weight excluding hydrogens is 334 g/mol. The summed E-state index contributed by atoms with van der Waals surface area (Å²) in [5, 5.41) is 0. The van der Waals surface area contributed by atoms with E-state index in [1.165, 1.54) is 14.2 Å². The maximum absolute atomic E-state index is 11.4. The molecule has 0 fully saturated rings. The predicted octanol–water partition coefficient (Wildman–Crippen LogP) is 1.07. The number of nitrogens with zero attached hydrogens (tertiary/aromatic N) is 1. The highest BCUT2D eigenvalue weighted by Crippen LogP contribution is 2.27. The van der Waals surface area contributed by atoms with Gasteiger partial charge in [-0.1, -0.05) is 6.92 Å². The van der Waals surface area contributed by atoms with Gasteiger partial charge in [0.2, 0.25) is 0 Å². The van der Waals surface area contributed by atoms with E-state index in [1.807, 2.05) is 11.8 Å². The second kappa shape index (κ2) is 12.4. The number of hydrogen-bond donors (Lipinski definition) is 0. The fourth-order valence-corrected chi connectivity index (χ4v) is 4.63. The molecule has 9 heteroatoms. The summed E-state index contributed by atoms with van der Waals surface area (Å²) in [5.41, 5.74) is 0.0799. The van der Waals surface area contributed by atoms with Gasteiger partial charge in [-0.3, -0.25) is 9.59 Å². The average Bonchev–Trinajstić information content (AvgIpc) is 2.62. The van der Waals surface area contributed by atoms with Crippen LogP contribution in [0.5, 0.6) is 0 Å². The van der Waals surface area contributed by atoms with Crippen LogP contribution >= 0.6 is 0 Å². The fourth-order valence-electron chi connectivity index (χ4n) is 2.44. The maximum Gasteiger partial charge on any atom is 0.503 e. The molecule has 0 amide bonds. The molecule has 8 nitrogen and oxygen atoms in total. The first-order chi connectivity index (χ1) is 11.4. The number of ether oxygens (including phenoxy) is 2. The molecule has 0 aromatic heterocycles. The Balaban J connectivity index is 4.66. The van der Waals surface area contributed by atoms with Crippen LogP contribution in [0.15, 0.2) is 0 Å². The smallest absolute Gasteiger partial charge is 0.469 e. The normalized spacial score (nSPS) is 13.0. The minimum atomic E-state index is -2.70. The molecule has 0 aliphatic heterocycles. The third-order valence-corrected chi connectivity index (χ3v) is 7.26. The number of rotatable bonds is 13. The van der Waals surface area contributed by atoms with Crippen molar-refractivity contribution in [1.29, 1.82) is 0 Å². The van der Waals surface area contributed by atoms with Crippen LogP contribution in [0, 0.1) is 0 Å². The van der Waals surface area contributed by atoms with Crippen LogP contribution in [-0.2, 0) is 32.3 Å². The van der Waals surface area contributed by atoms with E-state index in [4.69, 9.17) is 13.3 Å². The first-order valence-electron chi connectivity index (χ1n) is 7.90. The van der Waals surface area contributed by atoms with Gasteiger partial charge in [0.15, 0.2) is 0 Å². The van der Waals surface area contributed by atoms with Crippen LogP contribution in [0.1, 0.15) is 26.2 Å². The lowest BCUT2D eigenvalue weighted by atomic mass is 10.2. The highest BCUT2D eigenvalue weighted by molar-refractivity contribution is 6.62. The summed E-state index contributed by atoms with van der Waals surface area (Å²) in [7, 11) is 4.78. The summed E-state index contributed by atoms with van der Waals surface area (Å²) in [6.07, 6.45) is 1.30. The topological polar surface area (TPSA) is 83.5 Å². The zero-order valence-electron chi connectivity index (χ0n) is 15.6. The number of esters is 2. The Kier molecular flexibility index (Phi) is 11.9. The van der Waals surface area contributed by atoms with Gasteiger partial charge in [0.1, 0.15) is 0 Å². The largest absolute Gasteiger partial charge is 0.503 e. The lowest BCUT2D eigenvalue weighted by Gasteiger charge is -2.31. The van der Waals surface area contributed by atoms with E-state index in [0.717, 1.165) is 6.42 Å². The number of carbonyl (C=O) groups is 2. The van der Waals surface area contributed by atoms with Crippen molar-refractivity contribution in [1.82, 2.24) is 4.90 Å². The molecule has 0 N–H and O–H groups in total. The van der Waals surface area contributed by atoms with Gasteiger partial charge in [-0.05, 0) is 13.0 Å². The number of carbonyl (C=O) groups excluding carboxylic acids is 2. The second-order valence-electron chi connectivity index (χ2n) is 5.40. The second-order valence-corrected chi connectivity index (χ2v) is 8.82. The SMILES string of the molecule is COC(=O)CCN(CCC(=O)OC)CCC(C)[Si](OC)(OC)OC. The standard InChI is InChI=1S/C15H31NO7Si/c1-13(24(21-4,22-5)23-6)7-10-16(11-8-14(17)19-2)12-9-15(18)20-3/h13H,7-12H2,1-6H3. The van der Waals surface area contributed by atoms with E-state index < -0.39 is 8.80 Å². The Morgan fingerprint density at radius 2 is 1.25 bits per heavy atom. The van der Waals surface area contributed by atoms with E-state index in [2.05, 4.69) is 9.47 Å². The van der Waals surface area contributed by atoms with Crippen LogP contribution in [0.25, 0.3) is 0 Å². The van der Waals surface area contributed by atoms with Gasteiger partial charge < -0.3 is 27.7 Å². The summed E-state index contributed by atoms with van der Waals surface area (Å²) in [6, 6.07) is 0. The average molecular weight is 365 g/mol. The highest BCUT2D eigenvalue weighted by Gasteiger charge is 2.44. The summed E-state index contributed by atoms with van der Waals surface area (Å²) >= 11 is 0. The molecule has 0 spiro atoms. The van der Waals surface area contributed by atoms with Gasteiger partial charge in [0, 0.05) is 40.0 Å². The van der Waals surface area contributed by atoms with E-state index in [0.29, 0.717) is 19.6 Å². The molecule has 0 heterocycles. The molecule has 0 saturated carbocycles. The molecule has 0 aromatic rings. The van der Waals surface area contributed by atoms with Crippen molar-refractivity contribution in [3.8, 4) is 0 Å². The molecule has 142 valence electrons. The van der Waals surface area contributed by atoms with Crippen molar-refractivity contribution >= 4 is 20.7 Å². The van der Waals surface area contributed by atoms with Crippen molar-refractivity contribution in [2.75, 3.05) is 55.2 Å². The number of hydrogen-bond acceptors (Lipinski definition) is 8. The third kappa shape index (κ3) is 7.71. The van der Waals surface area contributed by atoms with Crippen LogP contribution in [0.4, 0.5) is 0 Å². The van der Waals surface area contributed by atoms with Gasteiger partial charge in [0.25, 0.3) is 0 Å². The zero-order chi connectivity index (χ0) is 18.6. The molecule has 0 bridgehead atoms. The molecule has 0 radical (unpaired) electrons. The van der Waals surface area contributed by atoms with E-state index in [-0.39, 0.29) is 30.3 Å². The maximum atomic E-state index is 11.4. The molecule has 24 heavy (non-hydrogen) atoms. The highest BCUT2D eigenvalue weighted by atomic mass is 28.4. The Morgan fingerprint density at radius 1 is 0.833 bits per heavy atom. The first-order valence-corrected chi connectivity index (χ1v) is 9.70. The van der Waals surface area contributed by atoms with Gasteiger partial charge in [-0.25, -0.2) is 0 Å². The molecule has 0 aliphatic rings. The van der Waals surface area contributed by atoms with Crippen molar-refractivity contribution in [3.63, 3.8) is 0 Å². The Bertz CT molecular complexity index is 349. The Labute approximate surface area is 145 Å². The third-order valence-electron chi connectivity index (χ3n) is 4.06. The zero-order valence-corrected chi connectivity index (χ0v) is 16.6. The quantitative estimate of drug-likeness (QED) is 0.354. The van der Waals surface area contributed by atoms with Crippen molar-refractivity contribution < 1.29 is 32.3 Å². The van der Waals surface area contributed by atoms with E-state index in [1.54, 1.807) is 21.3 Å². The van der Waals surface area contributed by atoms with Crippen molar-refractivity contribution in [3.05, 3.63) is 0 Å².